The summed E-state index contributed by atoms with van der Waals surface area (Å²) in [6.45, 7) is 2.36. The van der Waals surface area contributed by atoms with Crippen LogP contribution >= 0.6 is 0 Å². The maximum absolute atomic E-state index is 12.5. The maximum atomic E-state index is 12.5. The average Bonchev–Trinajstić information content (AvgIpc) is 2.79. The van der Waals surface area contributed by atoms with E-state index in [1.165, 1.54) is 12.3 Å². The zero-order chi connectivity index (χ0) is 18.5. The minimum Gasteiger partial charge on any atom is -0.390 e. The normalized spacial score (nSPS) is 18.5. The van der Waals surface area contributed by atoms with Crippen molar-refractivity contribution < 1.29 is 9.90 Å². The molecule has 2 N–H and O–H groups in total. The lowest BCUT2D eigenvalue weighted by atomic mass is 10.2. The molecule has 3 rings (SSSR count). The predicted molar refractivity (Wildman–Crippen MR) is 95.6 cm³/mol. The molecule has 8 heteroatoms. The fourth-order valence-corrected chi connectivity index (χ4v) is 3.08. The van der Waals surface area contributed by atoms with Gasteiger partial charge in [0.2, 0.25) is 5.91 Å². The van der Waals surface area contributed by atoms with Crippen molar-refractivity contribution in [1.82, 2.24) is 19.4 Å². The van der Waals surface area contributed by atoms with Gasteiger partial charge in [-0.15, -0.1) is 0 Å². The number of aliphatic hydroxyl groups is 1. The Balaban J connectivity index is 1.63. The van der Waals surface area contributed by atoms with E-state index in [0.29, 0.717) is 26.2 Å². The van der Waals surface area contributed by atoms with Crippen molar-refractivity contribution in [1.29, 1.82) is 0 Å². The first-order valence-electron chi connectivity index (χ1n) is 8.53. The molecule has 138 valence electrons. The van der Waals surface area contributed by atoms with Crippen molar-refractivity contribution in [2.45, 2.75) is 19.2 Å². The zero-order valence-electron chi connectivity index (χ0n) is 14.4. The minimum atomic E-state index is -0.655. The van der Waals surface area contributed by atoms with Crippen LogP contribution in [0, 0.1) is 0 Å². The number of nitrogens with zero attached hydrogens (tertiary/aromatic N) is 3. The third kappa shape index (κ3) is 4.68. The van der Waals surface area contributed by atoms with Crippen molar-refractivity contribution >= 4 is 5.91 Å². The molecular weight excluding hydrogens is 336 g/mol. The number of aliphatic hydroxyl groups excluding tert-OH is 1. The molecule has 0 spiro atoms. The van der Waals surface area contributed by atoms with Gasteiger partial charge in [-0.05, 0) is 5.56 Å². The number of amides is 1. The molecule has 2 aromatic rings. The molecule has 0 unspecified atom stereocenters. The number of aromatic amines is 1. The van der Waals surface area contributed by atoms with E-state index < -0.39 is 17.4 Å². The lowest BCUT2D eigenvalue weighted by Gasteiger charge is -2.22. The number of hydrogen-bond acceptors (Lipinski definition) is 5. The molecule has 2 heterocycles. The number of benzene rings is 1. The second-order valence-electron chi connectivity index (χ2n) is 6.45. The van der Waals surface area contributed by atoms with Gasteiger partial charge in [-0.3, -0.25) is 24.0 Å². The Morgan fingerprint density at radius 2 is 1.88 bits per heavy atom. The Morgan fingerprint density at radius 1 is 1.12 bits per heavy atom. The lowest BCUT2D eigenvalue weighted by molar-refractivity contribution is -0.132. The van der Waals surface area contributed by atoms with Gasteiger partial charge in [-0.2, -0.15) is 0 Å². The summed E-state index contributed by atoms with van der Waals surface area (Å²) in [5.41, 5.74) is 0.0339. The van der Waals surface area contributed by atoms with Crippen LogP contribution in [-0.4, -0.2) is 62.6 Å². The monoisotopic (exact) mass is 358 g/mol. The highest BCUT2D eigenvalue weighted by atomic mass is 16.3. The van der Waals surface area contributed by atoms with E-state index in [1.807, 2.05) is 30.3 Å². The Bertz CT molecular complexity index is 861. The maximum Gasteiger partial charge on any atom is 0.328 e. The molecule has 0 saturated carbocycles. The molecular formula is C18H22N4O4. The van der Waals surface area contributed by atoms with Crippen LogP contribution < -0.4 is 11.2 Å². The summed E-state index contributed by atoms with van der Waals surface area (Å²) in [7, 11) is 0. The summed E-state index contributed by atoms with van der Waals surface area (Å²) in [4.78, 5) is 41.1. The molecule has 1 saturated heterocycles. The van der Waals surface area contributed by atoms with E-state index in [4.69, 9.17) is 0 Å². The van der Waals surface area contributed by atoms with Gasteiger partial charge < -0.3 is 10.0 Å². The van der Waals surface area contributed by atoms with Gasteiger partial charge in [0.1, 0.15) is 6.54 Å². The summed E-state index contributed by atoms with van der Waals surface area (Å²) in [5.74, 6) is -0.264. The summed E-state index contributed by atoms with van der Waals surface area (Å²) in [6.07, 6.45) is 0.645. The van der Waals surface area contributed by atoms with Gasteiger partial charge in [0.05, 0.1) is 6.10 Å². The van der Waals surface area contributed by atoms with Gasteiger partial charge in [0.25, 0.3) is 5.56 Å². The highest BCUT2D eigenvalue weighted by Gasteiger charge is 2.24. The van der Waals surface area contributed by atoms with Crippen LogP contribution in [0.15, 0.2) is 52.2 Å². The van der Waals surface area contributed by atoms with Gasteiger partial charge in [0.15, 0.2) is 0 Å². The summed E-state index contributed by atoms with van der Waals surface area (Å²) >= 11 is 0. The van der Waals surface area contributed by atoms with Crippen molar-refractivity contribution in [2.24, 2.45) is 0 Å². The molecule has 1 amide bonds. The molecule has 8 nitrogen and oxygen atoms in total. The standard InChI is InChI=1S/C18H22N4O4/c23-15-11-20(10-14-4-2-1-3-5-14)8-9-21(12-15)17(25)13-22-7-6-16(24)19-18(22)26/h1-7,15,23H,8-13H2,(H,19,24,26)/t15-/m0/s1. The topological polar surface area (TPSA) is 98.6 Å². The molecule has 0 aliphatic carbocycles. The SMILES string of the molecule is O=C(Cn1ccc(=O)[nH]c1=O)N1CCN(Cc2ccccc2)C[C@H](O)C1. The first kappa shape index (κ1) is 18.1. The molecule has 1 aliphatic rings. The number of H-pyrrole nitrogens is 1. The number of β-amino-alcohol motifs (C(OH)–C–C–N with tert-alkyl or cyclic N) is 1. The first-order valence-corrected chi connectivity index (χ1v) is 8.53. The van der Waals surface area contributed by atoms with Crippen LogP contribution in [0.2, 0.25) is 0 Å². The number of nitrogens with one attached hydrogen (secondary N) is 1. The van der Waals surface area contributed by atoms with Crippen molar-refractivity contribution in [3.8, 4) is 0 Å². The van der Waals surface area contributed by atoms with Crippen LogP contribution in [0.1, 0.15) is 5.56 Å². The molecule has 0 radical (unpaired) electrons. The van der Waals surface area contributed by atoms with E-state index in [-0.39, 0.29) is 19.0 Å². The Morgan fingerprint density at radius 3 is 2.62 bits per heavy atom. The molecule has 0 bridgehead atoms. The quantitative estimate of drug-likeness (QED) is 0.749. The highest BCUT2D eigenvalue weighted by Crippen LogP contribution is 2.10. The highest BCUT2D eigenvalue weighted by molar-refractivity contribution is 5.76. The van der Waals surface area contributed by atoms with E-state index in [9.17, 15) is 19.5 Å². The molecule has 1 aromatic heterocycles. The Labute approximate surface area is 150 Å². The fraction of sp³-hybridized carbons (Fsp3) is 0.389. The molecule has 1 aliphatic heterocycles. The fourth-order valence-electron chi connectivity index (χ4n) is 3.08. The van der Waals surface area contributed by atoms with Crippen molar-refractivity contribution in [2.75, 3.05) is 26.2 Å². The van der Waals surface area contributed by atoms with E-state index in [0.717, 1.165) is 10.1 Å². The Kier molecular flexibility index (Phi) is 5.65. The van der Waals surface area contributed by atoms with E-state index in [1.54, 1.807) is 4.90 Å². The van der Waals surface area contributed by atoms with Crippen LogP contribution in [0.4, 0.5) is 0 Å². The largest absolute Gasteiger partial charge is 0.390 e. The van der Waals surface area contributed by atoms with Gasteiger partial charge >= 0.3 is 5.69 Å². The van der Waals surface area contributed by atoms with Crippen LogP contribution in [0.25, 0.3) is 0 Å². The lowest BCUT2D eigenvalue weighted by Crippen LogP contribution is -2.41. The van der Waals surface area contributed by atoms with E-state index in [2.05, 4.69) is 9.88 Å². The number of carbonyl (C=O) groups is 1. The predicted octanol–water partition coefficient (Wildman–Crippen LogP) is -0.758. The van der Waals surface area contributed by atoms with Crippen LogP contribution in [-0.2, 0) is 17.9 Å². The molecule has 1 fully saturated rings. The summed E-state index contributed by atoms with van der Waals surface area (Å²) in [6, 6.07) is 11.2. The second-order valence-corrected chi connectivity index (χ2v) is 6.45. The summed E-state index contributed by atoms with van der Waals surface area (Å²) < 4.78 is 1.16. The molecule has 1 atom stereocenters. The van der Waals surface area contributed by atoms with Crippen molar-refractivity contribution in [3.05, 3.63) is 69.0 Å². The smallest absolute Gasteiger partial charge is 0.328 e. The number of aromatic nitrogens is 2. The van der Waals surface area contributed by atoms with Crippen LogP contribution in [0.3, 0.4) is 0 Å². The average molecular weight is 358 g/mol. The van der Waals surface area contributed by atoms with Gasteiger partial charge in [0, 0.05) is 45.0 Å². The number of carbonyl (C=O) groups excluding carboxylic acids is 1. The Hall–Kier alpha value is -2.71. The molecule has 1 aromatic carbocycles. The minimum absolute atomic E-state index is 0.166. The third-order valence-electron chi connectivity index (χ3n) is 4.39. The second kappa shape index (κ2) is 8.11. The van der Waals surface area contributed by atoms with Crippen LogP contribution in [0.5, 0.6) is 0 Å². The number of hydrogen-bond donors (Lipinski definition) is 2. The van der Waals surface area contributed by atoms with Crippen molar-refractivity contribution in [3.63, 3.8) is 0 Å². The van der Waals surface area contributed by atoms with E-state index >= 15 is 0 Å². The van der Waals surface area contributed by atoms with Gasteiger partial charge in [-0.1, -0.05) is 30.3 Å². The third-order valence-corrected chi connectivity index (χ3v) is 4.39. The first-order chi connectivity index (χ1) is 12.5. The zero-order valence-corrected chi connectivity index (χ0v) is 14.4. The summed E-state index contributed by atoms with van der Waals surface area (Å²) in [5, 5.41) is 10.3. The van der Waals surface area contributed by atoms with Gasteiger partial charge in [-0.25, -0.2) is 4.79 Å². The number of rotatable bonds is 4. The molecule has 26 heavy (non-hydrogen) atoms.